The smallest absolute Gasteiger partial charge is 0.369 e. The maximum Gasteiger partial charge on any atom is 0.441 e. The van der Waals surface area contributed by atoms with Crippen LogP contribution < -0.4 is 10.7 Å². The van der Waals surface area contributed by atoms with Gasteiger partial charge in [-0.05, 0) is 30.9 Å². The van der Waals surface area contributed by atoms with Crippen LogP contribution in [0.3, 0.4) is 0 Å². The lowest BCUT2D eigenvalue weighted by molar-refractivity contribution is -0.0475. The molecule has 2 heterocycles. The van der Waals surface area contributed by atoms with Gasteiger partial charge in [0.2, 0.25) is 5.92 Å². The minimum Gasteiger partial charge on any atom is -0.369 e. The van der Waals surface area contributed by atoms with Crippen LogP contribution in [0.25, 0.3) is 0 Å². The van der Waals surface area contributed by atoms with Crippen molar-refractivity contribution in [2.45, 2.75) is 44.7 Å². The van der Waals surface area contributed by atoms with Crippen molar-refractivity contribution in [3.63, 3.8) is 0 Å². The van der Waals surface area contributed by atoms with Gasteiger partial charge in [0.25, 0.3) is 0 Å². The van der Waals surface area contributed by atoms with E-state index < -0.39 is 11.7 Å². The molecule has 1 aromatic heterocycles. The second-order valence-corrected chi connectivity index (χ2v) is 7.87. The Balaban J connectivity index is 1.34. The SMILES string of the molecule is O=c1onc(CN2CCN(c3ccccc3)CC2)n1CC1CCC(F)(F)CC1. The Morgan fingerprint density at radius 1 is 1.07 bits per heavy atom. The number of halogens is 2. The second kappa shape index (κ2) is 8.03. The highest BCUT2D eigenvalue weighted by atomic mass is 19.3. The van der Waals surface area contributed by atoms with Gasteiger partial charge in [0.15, 0.2) is 5.82 Å². The third-order valence-electron chi connectivity index (χ3n) is 5.90. The number of hydrogen-bond acceptors (Lipinski definition) is 5. The number of piperazine rings is 1. The summed E-state index contributed by atoms with van der Waals surface area (Å²) in [4.78, 5) is 16.7. The summed E-state index contributed by atoms with van der Waals surface area (Å²) in [6.45, 7) is 4.50. The first-order valence-electron chi connectivity index (χ1n) is 9.96. The fraction of sp³-hybridized carbons (Fsp3) is 0.600. The Hall–Kier alpha value is -2.22. The lowest BCUT2D eigenvalue weighted by Crippen LogP contribution is -2.46. The van der Waals surface area contributed by atoms with E-state index in [9.17, 15) is 13.6 Å². The van der Waals surface area contributed by atoms with E-state index in [4.69, 9.17) is 4.52 Å². The second-order valence-electron chi connectivity index (χ2n) is 7.87. The number of para-hydroxylation sites is 1. The summed E-state index contributed by atoms with van der Waals surface area (Å²) < 4.78 is 33.2. The molecule has 1 saturated carbocycles. The van der Waals surface area contributed by atoms with Crippen molar-refractivity contribution >= 4 is 5.69 Å². The first kappa shape index (κ1) is 19.1. The van der Waals surface area contributed by atoms with Gasteiger partial charge in [-0.15, -0.1) is 0 Å². The topological polar surface area (TPSA) is 54.5 Å². The van der Waals surface area contributed by atoms with E-state index >= 15 is 0 Å². The monoisotopic (exact) mass is 392 g/mol. The van der Waals surface area contributed by atoms with Crippen LogP contribution >= 0.6 is 0 Å². The molecule has 1 aliphatic carbocycles. The van der Waals surface area contributed by atoms with Gasteiger partial charge in [-0.2, -0.15) is 0 Å². The van der Waals surface area contributed by atoms with Crippen LogP contribution in [-0.2, 0) is 13.1 Å². The van der Waals surface area contributed by atoms with Crippen LogP contribution in [0.2, 0.25) is 0 Å². The molecule has 0 N–H and O–H groups in total. The molecule has 2 fully saturated rings. The van der Waals surface area contributed by atoms with Crippen LogP contribution in [0, 0.1) is 5.92 Å². The van der Waals surface area contributed by atoms with E-state index in [2.05, 4.69) is 27.1 Å². The lowest BCUT2D eigenvalue weighted by Gasteiger charge is -2.35. The molecule has 0 radical (unpaired) electrons. The fourth-order valence-electron chi connectivity index (χ4n) is 4.13. The maximum atomic E-state index is 13.4. The van der Waals surface area contributed by atoms with Gasteiger partial charge in [0.1, 0.15) is 0 Å². The highest BCUT2D eigenvalue weighted by Crippen LogP contribution is 2.36. The van der Waals surface area contributed by atoms with Gasteiger partial charge in [0, 0.05) is 51.3 Å². The number of aromatic nitrogens is 2. The Kier molecular flexibility index (Phi) is 5.48. The summed E-state index contributed by atoms with van der Waals surface area (Å²) in [5.74, 6) is -2.38. The molecule has 8 heteroatoms. The molecule has 0 spiro atoms. The average Bonchev–Trinajstić information content (AvgIpc) is 3.04. The quantitative estimate of drug-likeness (QED) is 0.783. The van der Waals surface area contributed by atoms with Gasteiger partial charge in [-0.25, -0.2) is 13.6 Å². The van der Waals surface area contributed by atoms with Crippen LogP contribution in [0.15, 0.2) is 39.6 Å². The molecule has 0 atom stereocenters. The largest absolute Gasteiger partial charge is 0.441 e. The standard InChI is InChI=1S/C20H26F2N4O2/c21-20(22)8-6-16(7-9-20)14-26-18(23-28-19(26)27)15-24-10-12-25(13-11-24)17-4-2-1-3-5-17/h1-5,16H,6-15H2. The van der Waals surface area contributed by atoms with Gasteiger partial charge < -0.3 is 4.90 Å². The Morgan fingerprint density at radius 3 is 2.43 bits per heavy atom. The Morgan fingerprint density at radius 2 is 1.75 bits per heavy atom. The molecule has 2 aromatic rings. The van der Waals surface area contributed by atoms with E-state index in [1.54, 1.807) is 0 Å². The number of benzene rings is 1. The molecule has 0 unspecified atom stereocenters. The van der Waals surface area contributed by atoms with Gasteiger partial charge in [0.05, 0.1) is 6.54 Å². The molecular formula is C20H26F2N4O2. The van der Waals surface area contributed by atoms with E-state index in [1.165, 1.54) is 10.3 Å². The van der Waals surface area contributed by atoms with E-state index in [0.29, 0.717) is 31.8 Å². The number of rotatable bonds is 5. The van der Waals surface area contributed by atoms with E-state index in [-0.39, 0.29) is 18.8 Å². The summed E-state index contributed by atoms with van der Waals surface area (Å²) in [6.07, 6.45) is 0.655. The first-order valence-corrected chi connectivity index (χ1v) is 9.96. The van der Waals surface area contributed by atoms with Gasteiger partial charge in [-0.1, -0.05) is 23.4 Å². The molecule has 6 nitrogen and oxygen atoms in total. The zero-order chi connectivity index (χ0) is 19.6. The predicted molar refractivity (Wildman–Crippen MR) is 102 cm³/mol. The predicted octanol–water partition coefficient (Wildman–Crippen LogP) is 2.98. The van der Waals surface area contributed by atoms with Crippen molar-refractivity contribution in [1.29, 1.82) is 0 Å². The lowest BCUT2D eigenvalue weighted by atomic mass is 9.87. The molecule has 0 bridgehead atoms. The summed E-state index contributed by atoms with van der Waals surface area (Å²) >= 11 is 0. The van der Waals surface area contributed by atoms with Crippen LogP contribution in [-0.4, -0.2) is 46.7 Å². The average molecular weight is 392 g/mol. The molecule has 1 saturated heterocycles. The minimum atomic E-state index is -2.56. The molecule has 1 aliphatic heterocycles. The summed E-state index contributed by atoms with van der Waals surface area (Å²) in [7, 11) is 0. The molecule has 152 valence electrons. The Labute approximate surface area is 162 Å². The van der Waals surface area contributed by atoms with Crippen LogP contribution in [0.1, 0.15) is 31.5 Å². The third-order valence-corrected chi connectivity index (χ3v) is 5.90. The summed E-state index contributed by atoms with van der Waals surface area (Å²) in [6, 6.07) is 10.3. The maximum absolute atomic E-state index is 13.4. The zero-order valence-electron chi connectivity index (χ0n) is 15.9. The van der Waals surface area contributed by atoms with Crippen LogP contribution in [0.5, 0.6) is 0 Å². The van der Waals surface area contributed by atoms with E-state index in [0.717, 1.165) is 26.2 Å². The Bertz CT molecular complexity index is 818. The van der Waals surface area contributed by atoms with Crippen molar-refractivity contribution in [3.05, 3.63) is 46.7 Å². The minimum absolute atomic E-state index is 0.0744. The highest BCUT2D eigenvalue weighted by molar-refractivity contribution is 5.46. The molecule has 28 heavy (non-hydrogen) atoms. The molecule has 0 amide bonds. The van der Waals surface area contributed by atoms with Crippen LogP contribution in [0.4, 0.5) is 14.5 Å². The highest BCUT2D eigenvalue weighted by Gasteiger charge is 2.35. The molecule has 2 aliphatic rings. The number of nitrogens with zero attached hydrogens (tertiary/aromatic N) is 4. The molecule has 1 aromatic carbocycles. The molecule has 4 rings (SSSR count). The zero-order valence-corrected chi connectivity index (χ0v) is 15.9. The van der Waals surface area contributed by atoms with Gasteiger partial charge >= 0.3 is 5.76 Å². The van der Waals surface area contributed by atoms with Crippen molar-refractivity contribution in [2.75, 3.05) is 31.1 Å². The number of anilines is 1. The molecular weight excluding hydrogens is 366 g/mol. The van der Waals surface area contributed by atoms with Crippen molar-refractivity contribution < 1.29 is 13.3 Å². The summed E-state index contributed by atoms with van der Waals surface area (Å²) in [5.41, 5.74) is 1.22. The number of hydrogen-bond donors (Lipinski definition) is 0. The first-order chi connectivity index (χ1) is 13.5. The fourth-order valence-corrected chi connectivity index (χ4v) is 4.13. The normalized spacial score (nSPS) is 21.1. The van der Waals surface area contributed by atoms with Gasteiger partial charge in [-0.3, -0.25) is 14.0 Å². The van der Waals surface area contributed by atoms with Crippen molar-refractivity contribution in [1.82, 2.24) is 14.6 Å². The third kappa shape index (κ3) is 4.43. The van der Waals surface area contributed by atoms with Crippen molar-refractivity contribution in [2.24, 2.45) is 5.92 Å². The summed E-state index contributed by atoms with van der Waals surface area (Å²) in [5, 5.41) is 3.95. The van der Waals surface area contributed by atoms with E-state index in [1.807, 2.05) is 18.2 Å². The van der Waals surface area contributed by atoms with Crippen molar-refractivity contribution in [3.8, 4) is 0 Å². The number of alkyl halides is 2.